The Bertz CT molecular complexity index is 610. The minimum absolute atomic E-state index is 0.0848. The fourth-order valence-electron chi connectivity index (χ4n) is 0.897. The standard InChI is InChI=1S/C10H8IS.CHF3O3S/c1-2-5-9(6-3-1)11-10-7-4-8-12-10;2-1(3,4)8(5,6)7/h1-8H;(H,5,6,7)/q+1;/p-1. The molecule has 0 spiro atoms. The molecule has 0 saturated heterocycles. The smallest absolute Gasteiger partial charge is 0.485 e. The number of hydrogen-bond donors (Lipinski definition) is 0. The Morgan fingerprint density at radius 1 is 1.05 bits per heavy atom. The largest absolute Gasteiger partial charge is 0.741 e. The van der Waals surface area contributed by atoms with Gasteiger partial charge in [-0.1, -0.05) is 29.5 Å². The molecule has 2 aromatic rings. The van der Waals surface area contributed by atoms with Crippen LogP contribution in [-0.4, -0.2) is 18.5 Å². The maximum Gasteiger partial charge on any atom is 0.485 e. The van der Waals surface area contributed by atoms with Gasteiger partial charge in [-0.3, -0.25) is 0 Å². The third-order valence-electron chi connectivity index (χ3n) is 1.71. The zero-order valence-electron chi connectivity index (χ0n) is 9.67. The monoisotopic (exact) mass is 436 g/mol. The molecular formula is C11H8F3IO3S2. The van der Waals surface area contributed by atoms with E-state index >= 15 is 0 Å². The van der Waals surface area contributed by atoms with E-state index < -0.39 is 15.6 Å². The number of alkyl halides is 3. The lowest BCUT2D eigenvalue weighted by Crippen LogP contribution is -3.61. The van der Waals surface area contributed by atoms with Gasteiger partial charge in [0.1, 0.15) is 0 Å². The van der Waals surface area contributed by atoms with Gasteiger partial charge in [-0.15, -0.1) is 0 Å². The SMILES string of the molecule is O=S(=O)([O-])C(F)(F)F.c1ccc([I+]c2cccs2)cc1. The minimum atomic E-state index is -6.09. The highest BCUT2D eigenvalue weighted by Gasteiger charge is 2.36. The molecule has 0 bridgehead atoms. The molecule has 0 amide bonds. The zero-order valence-corrected chi connectivity index (χ0v) is 13.5. The highest BCUT2D eigenvalue weighted by atomic mass is 127. The lowest BCUT2D eigenvalue weighted by Gasteiger charge is -2.08. The van der Waals surface area contributed by atoms with Gasteiger partial charge in [0.25, 0.3) is 0 Å². The van der Waals surface area contributed by atoms with Gasteiger partial charge in [0, 0.05) is 6.07 Å². The van der Waals surface area contributed by atoms with Gasteiger partial charge in [-0.05, 0) is 23.6 Å². The fourth-order valence-corrected chi connectivity index (χ4v) is 4.58. The quantitative estimate of drug-likeness (QED) is 0.377. The molecule has 0 fully saturated rings. The summed E-state index contributed by atoms with van der Waals surface area (Å²) >= 11 is 1.95. The summed E-state index contributed by atoms with van der Waals surface area (Å²) in [4.78, 5) is 0. The van der Waals surface area contributed by atoms with Gasteiger partial charge in [-0.25, -0.2) is 8.42 Å². The lowest BCUT2D eigenvalue weighted by molar-refractivity contribution is -0.591. The van der Waals surface area contributed by atoms with E-state index in [1.807, 2.05) is 11.3 Å². The number of hydrogen-bond acceptors (Lipinski definition) is 4. The van der Waals surface area contributed by atoms with Crippen LogP contribution in [0.4, 0.5) is 13.2 Å². The molecule has 1 aromatic heterocycles. The number of benzene rings is 1. The summed E-state index contributed by atoms with van der Waals surface area (Å²) in [6, 6.07) is 15.1. The van der Waals surface area contributed by atoms with Crippen molar-refractivity contribution >= 4 is 21.5 Å². The van der Waals surface area contributed by atoms with Crippen molar-refractivity contribution in [3.63, 3.8) is 0 Å². The Kier molecular flexibility index (Phi) is 6.43. The first kappa shape index (κ1) is 17.4. The number of halogens is 4. The second-order valence-electron chi connectivity index (χ2n) is 3.21. The molecule has 0 saturated carbocycles. The van der Waals surface area contributed by atoms with Crippen molar-refractivity contribution in [2.45, 2.75) is 5.51 Å². The highest BCUT2D eigenvalue weighted by molar-refractivity contribution is 7.86. The van der Waals surface area contributed by atoms with Crippen LogP contribution in [0.2, 0.25) is 0 Å². The van der Waals surface area contributed by atoms with Crippen molar-refractivity contribution < 1.29 is 47.3 Å². The average Bonchev–Trinajstić information content (AvgIpc) is 2.81. The Hall–Kier alpha value is -0.650. The van der Waals surface area contributed by atoms with E-state index in [1.54, 1.807) is 2.88 Å². The normalized spacial score (nSPS) is 11.6. The van der Waals surface area contributed by atoms with Gasteiger partial charge >= 0.3 is 26.7 Å². The van der Waals surface area contributed by atoms with E-state index in [2.05, 4.69) is 47.8 Å². The molecule has 0 radical (unpaired) electrons. The molecule has 2 rings (SSSR count). The lowest BCUT2D eigenvalue weighted by atomic mass is 10.4. The molecule has 0 atom stereocenters. The van der Waals surface area contributed by atoms with Crippen LogP contribution in [0.3, 0.4) is 0 Å². The van der Waals surface area contributed by atoms with E-state index in [-0.39, 0.29) is 21.2 Å². The number of rotatable bonds is 2. The summed E-state index contributed by atoms with van der Waals surface area (Å²) in [5.74, 6) is 0. The van der Waals surface area contributed by atoms with E-state index in [4.69, 9.17) is 13.0 Å². The summed E-state index contributed by atoms with van der Waals surface area (Å²) in [7, 11) is -6.09. The summed E-state index contributed by atoms with van der Waals surface area (Å²) in [5.41, 5.74) is -5.65. The first-order valence-electron chi connectivity index (χ1n) is 4.95. The van der Waals surface area contributed by atoms with Crippen molar-refractivity contribution in [3.8, 4) is 0 Å². The van der Waals surface area contributed by atoms with E-state index in [1.165, 1.54) is 3.57 Å². The summed E-state index contributed by atoms with van der Waals surface area (Å²) in [6.45, 7) is 0. The molecule has 0 aliphatic rings. The third kappa shape index (κ3) is 6.20. The predicted molar refractivity (Wildman–Crippen MR) is 63.9 cm³/mol. The Balaban J connectivity index is 0.000000221. The summed E-state index contributed by atoms with van der Waals surface area (Å²) in [5, 5.41) is 2.15. The Morgan fingerprint density at radius 2 is 1.60 bits per heavy atom. The van der Waals surface area contributed by atoms with Crippen LogP contribution < -0.4 is 21.2 Å². The van der Waals surface area contributed by atoms with Gasteiger partial charge in [0.05, 0.1) is 0 Å². The Labute approximate surface area is 128 Å². The highest BCUT2D eigenvalue weighted by Crippen LogP contribution is 2.20. The van der Waals surface area contributed by atoms with Crippen molar-refractivity contribution in [1.29, 1.82) is 0 Å². The van der Waals surface area contributed by atoms with Gasteiger partial charge < -0.3 is 4.55 Å². The van der Waals surface area contributed by atoms with Crippen molar-refractivity contribution in [2.24, 2.45) is 0 Å². The predicted octanol–water partition coefficient (Wildman–Crippen LogP) is -0.0721. The first-order valence-corrected chi connectivity index (χ1v) is 9.40. The van der Waals surface area contributed by atoms with Crippen LogP contribution in [0.1, 0.15) is 0 Å². The van der Waals surface area contributed by atoms with Crippen LogP contribution in [-0.2, 0) is 10.1 Å². The van der Waals surface area contributed by atoms with Crippen molar-refractivity contribution in [3.05, 3.63) is 54.3 Å². The molecule has 0 unspecified atom stereocenters. The second-order valence-corrected chi connectivity index (χ2v) is 9.21. The van der Waals surface area contributed by atoms with Crippen LogP contribution in [0.25, 0.3) is 0 Å². The third-order valence-corrected chi connectivity index (χ3v) is 6.44. The van der Waals surface area contributed by atoms with Crippen LogP contribution >= 0.6 is 11.3 Å². The molecule has 9 heteroatoms. The van der Waals surface area contributed by atoms with Gasteiger partial charge in [-0.2, -0.15) is 13.2 Å². The van der Waals surface area contributed by atoms with Crippen LogP contribution in [0, 0.1) is 6.45 Å². The Morgan fingerprint density at radius 3 is 2.00 bits per heavy atom. The zero-order chi connectivity index (χ0) is 15.2. The molecule has 0 aliphatic carbocycles. The minimum Gasteiger partial charge on any atom is -0.741 e. The maximum absolute atomic E-state index is 10.7. The van der Waals surface area contributed by atoms with Crippen molar-refractivity contribution in [2.75, 3.05) is 0 Å². The maximum atomic E-state index is 10.7. The van der Waals surface area contributed by atoms with E-state index in [0.717, 1.165) is 0 Å². The molecule has 20 heavy (non-hydrogen) atoms. The average molecular weight is 436 g/mol. The molecular weight excluding hydrogens is 428 g/mol. The molecule has 1 heterocycles. The second kappa shape index (κ2) is 7.38. The van der Waals surface area contributed by atoms with E-state index in [9.17, 15) is 13.2 Å². The topological polar surface area (TPSA) is 57.2 Å². The van der Waals surface area contributed by atoms with Gasteiger partial charge in [0.2, 0.25) is 2.88 Å². The van der Waals surface area contributed by atoms with Crippen LogP contribution in [0.5, 0.6) is 0 Å². The fraction of sp³-hybridized carbons (Fsp3) is 0.0909. The molecule has 1 aromatic carbocycles. The molecule has 0 aliphatic heterocycles. The molecule has 3 nitrogen and oxygen atoms in total. The summed E-state index contributed by atoms with van der Waals surface area (Å²) < 4.78 is 61.9. The van der Waals surface area contributed by atoms with Crippen LogP contribution in [0.15, 0.2) is 47.8 Å². The van der Waals surface area contributed by atoms with Gasteiger partial charge in [0.15, 0.2) is 13.7 Å². The molecule has 0 N–H and O–H groups in total. The first-order chi connectivity index (χ1) is 9.20. The summed E-state index contributed by atoms with van der Waals surface area (Å²) in [6.07, 6.45) is 0. The molecule has 110 valence electrons. The van der Waals surface area contributed by atoms with Crippen molar-refractivity contribution in [1.82, 2.24) is 0 Å². The number of thiophene rings is 1. The van der Waals surface area contributed by atoms with E-state index in [0.29, 0.717) is 0 Å².